The van der Waals surface area contributed by atoms with Gasteiger partial charge in [0.2, 0.25) is 0 Å². The molecule has 0 fully saturated rings. The first-order valence-corrected chi connectivity index (χ1v) is 7.85. The van der Waals surface area contributed by atoms with E-state index in [1.165, 1.54) is 18.4 Å². The van der Waals surface area contributed by atoms with Crippen molar-refractivity contribution in [3.8, 4) is 17.0 Å². The first kappa shape index (κ1) is 14.6. The minimum absolute atomic E-state index is 0.866. The zero-order chi connectivity index (χ0) is 15.5. The van der Waals surface area contributed by atoms with Crippen molar-refractivity contribution in [2.24, 2.45) is 0 Å². The molecule has 0 aliphatic rings. The Morgan fingerprint density at radius 1 is 1.14 bits per heavy atom. The van der Waals surface area contributed by atoms with Crippen LogP contribution in [0.2, 0.25) is 0 Å². The fourth-order valence-electron chi connectivity index (χ4n) is 2.76. The summed E-state index contributed by atoms with van der Waals surface area (Å²) in [4.78, 5) is 0. The molecule has 2 heterocycles. The third-order valence-electron chi connectivity index (χ3n) is 3.91. The van der Waals surface area contributed by atoms with Gasteiger partial charge in [-0.15, -0.1) is 0 Å². The van der Waals surface area contributed by atoms with Crippen LogP contribution in [0.15, 0.2) is 42.5 Å². The average molecular weight is 294 g/mol. The van der Waals surface area contributed by atoms with Gasteiger partial charge in [0, 0.05) is 5.56 Å². The number of methoxy groups -OCH3 is 1. The first-order chi connectivity index (χ1) is 10.7. The lowest BCUT2D eigenvalue weighted by Gasteiger charge is -2.08. The number of fused-ring (bicyclic) bond motifs is 1. The van der Waals surface area contributed by atoms with E-state index in [4.69, 9.17) is 9.84 Å². The van der Waals surface area contributed by atoms with Gasteiger partial charge in [-0.2, -0.15) is 5.10 Å². The molecule has 0 aliphatic heterocycles. The van der Waals surface area contributed by atoms with Crippen molar-refractivity contribution >= 4 is 5.52 Å². The number of rotatable bonds is 5. The van der Waals surface area contributed by atoms with Crippen molar-refractivity contribution in [2.75, 3.05) is 7.11 Å². The highest BCUT2D eigenvalue weighted by molar-refractivity contribution is 5.67. The Balaban J connectivity index is 2.12. The molecule has 0 atom stereocenters. The minimum atomic E-state index is 0.866. The van der Waals surface area contributed by atoms with Crippen LogP contribution in [0.3, 0.4) is 0 Å². The normalized spacial score (nSPS) is 11.0. The van der Waals surface area contributed by atoms with E-state index < -0.39 is 0 Å². The van der Waals surface area contributed by atoms with Crippen molar-refractivity contribution < 1.29 is 4.74 Å². The number of hydrogen-bond acceptors (Lipinski definition) is 2. The van der Waals surface area contributed by atoms with Crippen LogP contribution in [0.1, 0.15) is 31.0 Å². The molecule has 3 heteroatoms. The van der Waals surface area contributed by atoms with E-state index in [2.05, 4.69) is 44.2 Å². The lowest BCUT2D eigenvalue weighted by atomic mass is 10.1. The molecule has 0 bridgehead atoms. The second-order valence-corrected chi connectivity index (χ2v) is 5.73. The van der Waals surface area contributed by atoms with Crippen LogP contribution in [-0.2, 0) is 6.42 Å². The predicted molar refractivity (Wildman–Crippen MR) is 90.5 cm³/mol. The van der Waals surface area contributed by atoms with Gasteiger partial charge in [-0.3, -0.25) is 0 Å². The Morgan fingerprint density at radius 2 is 2.00 bits per heavy atom. The summed E-state index contributed by atoms with van der Waals surface area (Å²) in [5.74, 6) is 0.866. The molecule has 3 aromatic rings. The molecule has 0 aliphatic carbocycles. The van der Waals surface area contributed by atoms with Crippen LogP contribution >= 0.6 is 0 Å². The van der Waals surface area contributed by atoms with E-state index in [0.29, 0.717) is 0 Å². The van der Waals surface area contributed by atoms with E-state index in [9.17, 15) is 0 Å². The zero-order valence-electron chi connectivity index (χ0n) is 13.5. The Bertz CT molecular complexity index is 789. The highest BCUT2D eigenvalue weighted by Gasteiger charge is 2.09. The third-order valence-corrected chi connectivity index (χ3v) is 3.91. The summed E-state index contributed by atoms with van der Waals surface area (Å²) in [7, 11) is 1.70. The Hall–Kier alpha value is -2.29. The highest BCUT2D eigenvalue weighted by atomic mass is 16.5. The van der Waals surface area contributed by atoms with Crippen LogP contribution in [0.5, 0.6) is 5.75 Å². The summed E-state index contributed by atoms with van der Waals surface area (Å²) in [5, 5.41) is 4.80. The maximum absolute atomic E-state index is 5.35. The fourth-order valence-corrected chi connectivity index (χ4v) is 2.76. The SMILES string of the molecule is CCCCc1cc2cc(C)cc(-c3cccc(OC)c3)n2n1. The smallest absolute Gasteiger partial charge is 0.119 e. The van der Waals surface area contributed by atoms with Gasteiger partial charge in [-0.1, -0.05) is 25.5 Å². The predicted octanol–water partition coefficient (Wildman–Crippen LogP) is 4.66. The number of aromatic nitrogens is 2. The van der Waals surface area contributed by atoms with Crippen molar-refractivity contribution in [3.05, 3.63) is 53.7 Å². The number of pyridine rings is 1. The summed E-state index contributed by atoms with van der Waals surface area (Å²) in [6, 6.07) is 14.7. The van der Waals surface area contributed by atoms with E-state index >= 15 is 0 Å². The molecule has 1 aromatic carbocycles. The third kappa shape index (κ3) is 2.84. The van der Waals surface area contributed by atoms with Gasteiger partial charge in [0.25, 0.3) is 0 Å². The van der Waals surface area contributed by atoms with Gasteiger partial charge in [-0.25, -0.2) is 4.52 Å². The first-order valence-electron chi connectivity index (χ1n) is 7.85. The highest BCUT2D eigenvalue weighted by Crippen LogP contribution is 2.26. The molecule has 3 rings (SSSR count). The molecule has 2 aromatic heterocycles. The quantitative estimate of drug-likeness (QED) is 0.684. The second kappa shape index (κ2) is 6.22. The molecule has 0 unspecified atom stereocenters. The second-order valence-electron chi connectivity index (χ2n) is 5.73. The Labute approximate surface area is 131 Å². The lowest BCUT2D eigenvalue weighted by molar-refractivity contribution is 0.415. The Morgan fingerprint density at radius 3 is 2.77 bits per heavy atom. The minimum Gasteiger partial charge on any atom is -0.497 e. The molecule has 0 saturated heterocycles. The largest absolute Gasteiger partial charge is 0.497 e. The van der Waals surface area contributed by atoms with Gasteiger partial charge >= 0.3 is 0 Å². The monoisotopic (exact) mass is 294 g/mol. The van der Waals surface area contributed by atoms with Crippen molar-refractivity contribution in [1.29, 1.82) is 0 Å². The van der Waals surface area contributed by atoms with E-state index in [0.717, 1.165) is 34.6 Å². The van der Waals surface area contributed by atoms with Crippen LogP contribution in [0, 0.1) is 6.92 Å². The summed E-state index contributed by atoms with van der Waals surface area (Å²) in [6.07, 6.45) is 3.40. The van der Waals surface area contributed by atoms with Gasteiger partial charge in [0.05, 0.1) is 24.0 Å². The molecule has 0 amide bonds. The Kier molecular flexibility index (Phi) is 4.14. The van der Waals surface area contributed by atoms with E-state index in [1.807, 2.05) is 16.6 Å². The molecular weight excluding hydrogens is 272 g/mol. The number of unbranched alkanes of at least 4 members (excludes halogenated alkanes) is 1. The number of aryl methyl sites for hydroxylation is 2. The molecule has 114 valence electrons. The average Bonchev–Trinajstić information content (AvgIpc) is 2.94. The number of ether oxygens (including phenoxy) is 1. The number of hydrogen-bond donors (Lipinski definition) is 0. The van der Waals surface area contributed by atoms with E-state index in [1.54, 1.807) is 7.11 Å². The van der Waals surface area contributed by atoms with Gasteiger partial charge in [0.15, 0.2) is 0 Å². The molecule has 22 heavy (non-hydrogen) atoms. The summed E-state index contributed by atoms with van der Waals surface area (Å²) < 4.78 is 7.40. The van der Waals surface area contributed by atoms with Crippen LogP contribution in [-0.4, -0.2) is 16.7 Å². The van der Waals surface area contributed by atoms with Gasteiger partial charge in [-0.05, 0) is 55.7 Å². The van der Waals surface area contributed by atoms with Crippen LogP contribution in [0.25, 0.3) is 16.8 Å². The zero-order valence-corrected chi connectivity index (χ0v) is 13.5. The van der Waals surface area contributed by atoms with Crippen molar-refractivity contribution in [2.45, 2.75) is 33.1 Å². The number of nitrogens with zero attached hydrogens (tertiary/aromatic N) is 2. The fraction of sp³-hybridized carbons (Fsp3) is 0.316. The van der Waals surface area contributed by atoms with E-state index in [-0.39, 0.29) is 0 Å². The lowest BCUT2D eigenvalue weighted by Crippen LogP contribution is -1.96. The maximum Gasteiger partial charge on any atom is 0.119 e. The molecular formula is C19H22N2O. The van der Waals surface area contributed by atoms with Crippen molar-refractivity contribution in [1.82, 2.24) is 9.61 Å². The topological polar surface area (TPSA) is 26.5 Å². The molecule has 0 radical (unpaired) electrons. The molecule has 3 nitrogen and oxygen atoms in total. The van der Waals surface area contributed by atoms with Crippen LogP contribution in [0.4, 0.5) is 0 Å². The van der Waals surface area contributed by atoms with Crippen molar-refractivity contribution in [3.63, 3.8) is 0 Å². The standard InChI is InChI=1S/C19H22N2O/c1-4-5-8-16-13-17-10-14(2)11-19(21(17)20-16)15-7-6-9-18(12-15)22-3/h6-7,9-13H,4-5,8H2,1-3H3. The van der Waals surface area contributed by atoms with Crippen LogP contribution < -0.4 is 4.74 Å². The van der Waals surface area contributed by atoms with Gasteiger partial charge < -0.3 is 4.74 Å². The summed E-state index contributed by atoms with van der Waals surface area (Å²) >= 11 is 0. The maximum atomic E-state index is 5.35. The summed E-state index contributed by atoms with van der Waals surface area (Å²) in [6.45, 7) is 4.34. The number of benzene rings is 1. The summed E-state index contributed by atoms with van der Waals surface area (Å²) in [5.41, 5.74) is 5.79. The molecule has 0 spiro atoms. The molecule has 0 saturated carbocycles. The van der Waals surface area contributed by atoms with Gasteiger partial charge in [0.1, 0.15) is 5.75 Å². The molecule has 0 N–H and O–H groups in total.